The van der Waals surface area contributed by atoms with E-state index in [1.54, 1.807) is 53.4 Å². The number of benzene rings is 8. The van der Waals surface area contributed by atoms with Crippen molar-refractivity contribution < 1.29 is 35.4 Å². The number of nitrogens with one attached hydrogen (secondary N) is 3. The maximum atomic E-state index is 13.6. The lowest BCUT2D eigenvalue weighted by atomic mass is 9.89. The molecule has 0 radical (unpaired) electrons. The van der Waals surface area contributed by atoms with Crippen LogP contribution in [0.4, 0.5) is 45.6 Å². The SMILES string of the molecule is Cc1cc(C)c(C(=O)N2CCN(c3ccccc3[S@@](C)(=N)=O)CC2)nc1NC1CCN(c2ccccc2C#N)CC1.Cc1ccc(C(=O)N2CCN(c3ccccc3S(N)(=O)=O)CC2)c(C)c1NC1CCN(c2ccccc2C#N)CC1.N#Cc1ccccc1N1CCC(Cc2cc(C(=O)N3CCN(c4ccccc4S(N)(=O)=O)CC3)c(Cl)cc2Cl)CC1. The molecule has 1 aromatic heterocycles. The number of piperazine rings is 3. The largest absolute Gasteiger partial charge is 0.382 e. The molecule has 0 spiro atoms. The van der Waals surface area contributed by atoms with Crippen molar-refractivity contribution in [2.45, 2.75) is 99.4 Å². The van der Waals surface area contributed by atoms with E-state index in [9.17, 15) is 51.2 Å². The number of aryl methyl sites for hydroxylation is 3. The Morgan fingerprint density at radius 1 is 0.423 bits per heavy atom. The van der Waals surface area contributed by atoms with Crippen LogP contribution in [0.25, 0.3) is 0 Å². The summed E-state index contributed by atoms with van der Waals surface area (Å²) in [7, 11) is -10.6. The Balaban J connectivity index is 0.000000159. The molecule has 6 aliphatic rings. The first-order chi connectivity index (χ1) is 59.0. The van der Waals surface area contributed by atoms with E-state index >= 15 is 0 Å². The van der Waals surface area contributed by atoms with Crippen molar-refractivity contribution in [1.82, 2.24) is 19.7 Å². The summed E-state index contributed by atoms with van der Waals surface area (Å²) >= 11 is 13.1. The fourth-order valence-corrected chi connectivity index (χ4v) is 20.4. The molecule has 7 N–H and O–H groups in total. The predicted molar refractivity (Wildman–Crippen MR) is 487 cm³/mol. The Morgan fingerprint density at radius 3 is 1.20 bits per heavy atom. The second kappa shape index (κ2) is 39.4. The summed E-state index contributed by atoms with van der Waals surface area (Å²) in [4.78, 5) is 64.6. The second-order valence-electron chi connectivity index (χ2n) is 32.2. The van der Waals surface area contributed by atoms with E-state index in [0.29, 0.717) is 144 Å². The number of pyridine rings is 1. The number of nitriles is 3. The first kappa shape index (κ1) is 89.3. The van der Waals surface area contributed by atoms with Gasteiger partial charge in [0.15, 0.2) is 0 Å². The molecule has 8 aromatic carbocycles. The summed E-state index contributed by atoms with van der Waals surface area (Å²) in [5.74, 6) is 0.865. The zero-order chi connectivity index (χ0) is 87.4. The minimum absolute atomic E-state index is 0.0205. The van der Waals surface area contributed by atoms with Gasteiger partial charge in [-0.05, 0) is 197 Å². The van der Waals surface area contributed by atoms with E-state index in [2.05, 4.69) is 55.4 Å². The Morgan fingerprint density at radius 2 is 0.780 bits per heavy atom. The third kappa shape index (κ3) is 21.3. The number of nitrogens with zero attached hydrogens (tertiary/aromatic N) is 13. The number of rotatable bonds is 18. The highest BCUT2D eigenvalue weighted by molar-refractivity contribution is 7.92. The van der Waals surface area contributed by atoms with Crippen molar-refractivity contribution in [2.24, 2.45) is 16.2 Å². The molecule has 0 saturated carbocycles. The van der Waals surface area contributed by atoms with Gasteiger partial charge in [0.25, 0.3) is 17.7 Å². The van der Waals surface area contributed by atoms with Crippen LogP contribution < -0.4 is 50.3 Å². The average molecular weight is 1760 g/mol. The number of halogens is 2. The van der Waals surface area contributed by atoms with Crippen molar-refractivity contribution >= 4 is 116 Å². The summed E-state index contributed by atoms with van der Waals surface area (Å²) < 4.78 is 68.8. The Bertz CT molecular complexity index is 5510. The fourth-order valence-electron chi connectivity index (χ4n) is 17.4. The molecule has 642 valence electrons. The minimum atomic E-state index is -3.87. The number of sulfonamides is 2. The lowest BCUT2D eigenvalue weighted by molar-refractivity contribution is 0.0734. The van der Waals surface area contributed by atoms with E-state index in [-0.39, 0.29) is 39.6 Å². The zero-order valence-electron chi connectivity index (χ0n) is 69.9. The molecule has 6 fully saturated rings. The highest BCUT2D eigenvalue weighted by atomic mass is 35.5. The third-order valence-corrected chi connectivity index (χ3v) is 27.9. The van der Waals surface area contributed by atoms with Gasteiger partial charge in [-0.3, -0.25) is 14.4 Å². The lowest BCUT2D eigenvalue weighted by Crippen LogP contribution is -2.49. The number of amides is 3. The highest BCUT2D eigenvalue weighted by Crippen LogP contribution is 2.37. The predicted octanol–water partition coefficient (Wildman–Crippen LogP) is 13.4. The second-order valence-corrected chi connectivity index (χ2v) is 38.2. The summed E-state index contributed by atoms with van der Waals surface area (Å²) in [5.41, 5.74) is 14.3. The van der Waals surface area contributed by atoms with Crippen LogP contribution in [0.5, 0.6) is 0 Å². The molecular weight excluding hydrogens is 1650 g/mol. The van der Waals surface area contributed by atoms with Gasteiger partial charge in [-0.2, -0.15) is 15.8 Å². The molecule has 123 heavy (non-hydrogen) atoms. The first-order valence-corrected chi connectivity index (χ1v) is 47.3. The number of aromatic nitrogens is 1. The van der Waals surface area contributed by atoms with E-state index < -0.39 is 29.8 Å². The molecule has 0 bridgehead atoms. The van der Waals surface area contributed by atoms with Gasteiger partial charge in [0, 0.05) is 152 Å². The number of para-hydroxylation sites is 6. The van der Waals surface area contributed by atoms with E-state index in [1.165, 1.54) is 18.4 Å². The van der Waals surface area contributed by atoms with Gasteiger partial charge < -0.3 is 54.7 Å². The van der Waals surface area contributed by atoms with Crippen molar-refractivity contribution in [3.05, 3.63) is 247 Å². The number of piperidine rings is 3. The van der Waals surface area contributed by atoms with Gasteiger partial charge in [0.2, 0.25) is 20.0 Å². The van der Waals surface area contributed by atoms with Crippen LogP contribution in [0.1, 0.15) is 114 Å². The fraction of sp³-hybridized carbons (Fsp3) is 0.359. The van der Waals surface area contributed by atoms with Gasteiger partial charge >= 0.3 is 0 Å². The number of carbonyl (C=O) groups is 3. The van der Waals surface area contributed by atoms with Gasteiger partial charge in [-0.25, -0.2) is 41.1 Å². The van der Waals surface area contributed by atoms with Gasteiger partial charge in [-0.1, -0.05) is 108 Å². The van der Waals surface area contributed by atoms with Gasteiger partial charge in [0.1, 0.15) is 39.5 Å². The molecule has 15 rings (SSSR count). The molecule has 26 nitrogen and oxygen atoms in total. The van der Waals surface area contributed by atoms with Crippen LogP contribution in [-0.4, -0.2) is 195 Å². The molecule has 7 heterocycles. The van der Waals surface area contributed by atoms with Crippen LogP contribution in [0, 0.1) is 72.4 Å². The Labute approximate surface area is 732 Å². The maximum absolute atomic E-state index is 13.6. The molecule has 0 aliphatic carbocycles. The lowest BCUT2D eigenvalue weighted by Gasteiger charge is -2.37. The molecule has 6 saturated heterocycles. The summed E-state index contributed by atoms with van der Waals surface area (Å²) in [5, 5.41) is 47.4. The van der Waals surface area contributed by atoms with Crippen molar-refractivity contribution in [1.29, 1.82) is 20.6 Å². The molecule has 3 amide bonds. The average Bonchev–Trinajstić information content (AvgIpc) is 0.798. The highest BCUT2D eigenvalue weighted by Gasteiger charge is 2.34. The van der Waals surface area contributed by atoms with Crippen LogP contribution in [-0.2, 0) is 36.2 Å². The molecule has 0 unspecified atom stereocenters. The number of hydrogen-bond acceptors (Lipinski definition) is 21. The standard InChI is InChI=1S/C31H37N7O2S.C31H36N6O3S.C30H31Cl2N5O3S/c1-22-20-23(2)30(34-25-12-14-36(15-13-25)26-9-5-4-8-24(26)21-32)35-29(22)31(39)38-18-16-37(17-19-38)27-10-6-7-11-28(27)41(3,33)40;1-22-11-12-26(31(38)37-19-17-36(18-20-37)28-9-5-6-10-29(28)41(33,39)40)23(2)30(22)34-25-13-15-35(16-14-25)27-8-4-3-7-24(27)21-32;31-25-19-26(32)24(18-23(25)17-21-9-11-35(12-10-21)27-6-2-1-5-22(27)20-33)30(38)37-15-13-36(14-16-37)28-7-3-4-8-29(28)41(34,39)40/h4-11,20,25,33H,12-19H2,1-3H3,(H,34,35);3-12,25,34H,13-20H2,1-2H3,(H2,33,39,40);1-8,18-19,21H,9-17H2,(H2,34,39,40)/t41-;;/m0../s1. The zero-order valence-corrected chi connectivity index (χ0v) is 73.8. The molecule has 6 aliphatic heterocycles. The van der Waals surface area contributed by atoms with E-state index in [4.69, 9.17) is 43.2 Å². The Kier molecular flexibility index (Phi) is 28.6. The normalized spacial score (nSPS) is 16.8. The topological polar surface area (TPSA) is 350 Å². The van der Waals surface area contributed by atoms with Crippen molar-refractivity contribution in [3.8, 4) is 18.2 Å². The number of nitrogens with two attached hydrogens (primary N) is 2. The van der Waals surface area contributed by atoms with Crippen molar-refractivity contribution in [2.75, 3.05) is 164 Å². The maximum Gasteiger partial charge on any atom is 0.272 e. The van der Waals surface area contributed by atoms with Crippen LogP contribution in [0.15, 0.2) is 191 Å². The smallest absolute Gasteiger partial charge is 0.272 e. The molecular formula is C92H104Cl2N18O8S3. The quantitative estimate of drug-likeness (QED) is 0.0533. The van der Waals surface area contributed by atoms with E-state index in [1.807, 2.05) is 156 Å². The number of anilines is 8. The first-order valence-electron chi connectivity index (χ1n) is 41.5. The summed E-state index contributed by atoms with van der Waals surface area (Å²) in [6, 6.07) is 60.6. The molecule has 9 aromatic rings. The third-order valence-electron chi connectivity index (χ3n) is 24.1. The van der Waals surface area contributed by atoms with Crippen LogP contribution in [0.3, 0.4) is 0 Å². The van der Waals surface area contributed by atoms with E-state index in [0.717, 1.165) is 146 Å². The summed E-state index contributed by atoms with van der Waals surface area (Å²) in [6.45, 7) is 19.1. The Hall–Kier alpha value is -11.5. The number of carbonyl (C=O) groups excluding carboxylic acids is 3. The number of hydrogen-bond donors (Lipinski definition) is 5. The van der Waals surface area contributed by atoms with Crippen molar-refractivity contribution in [3.63, 3.8) is 0 Å². The molecule has 31 heteroatoms. The molecule has 1 atom stereocenters. The monoisotopic (exact) mass is 1750 g/mol. The van der Waals surface area contributed by atoms with Gasteiger partial charge in [0.05, 0.1) is 76.0 Å². The number of primary sulfonamides is 2. The van der Waals surface area contributed by atoms with Crippen LogP contribution >= 0.6 is 23.2 Å². The van der Waals surface area contributed by atoms with Crippen LogP contribution in [0.2, 0.25) is 10.0 Å². The van der Waals surface area contributed by atoms with Gasteiger partial charge in [-0.15, -0.1) is 0 Å². The summed E-state index contributed by atoms with van der Waals surface area (Å²) in [6.07, 6.45) is 7.75. The minimum Gasteiger partial charge on any atom is -0.382 e.